The summed E-state index contributed by atoms with van der Waals surface area (Å²) in [5, 5.41) is 3.11. The molecule has 0 radical (unpaired) electrons. The number of nitrogens with zero attached hydrogens (tertiary/aromatic N) is 4. The van der Waals surface area contributed by atoms with Crippen molar-refractivity contribution in [2.75, 3.05) is 0 Å². The van der Waals surface area contributed by atoms with E-state index in [9.17, 15) is 0 Å². The van der Waals surface area contributed by atoms with E-state index in [1.54, 1.807) is 11.3 Å². The Bertz CT molecular complexity index is 2450. The zero-order chi connectivity index (χ0) is 30.5. The first kappa shape index (κ1) is 26.4. The van der Waals surface area contributed by atoms with Crippen molar-refractivity contribution in [3.05, 3.63) is 146 Å². The molecule has 0 aliphatic heterocycles. The number of rotatable bonds is 5. The molecule has 6 heteroatoms. The Morgan fingerprint density at radius 1 is 0.413 bits per heavy atom. The summed E-state index contributed by atoms with van der Waals surface area (Å²) in [6.07, 6.45) is 0. The molecular formula is C40H24N4OS. The average molecular weight is 609 g/mol. The average Bonchev–Trinajstić information content (AvgIpc) is 3.74. The van der Waals surface area contributed by atoms with Gasteiger partial charge in [-0.1, -0.05) is 121 Å². The van der Waals surface area contributed by atoms with E-state index in [1.807, 2.05) is 84.9 Å². The highest BCUT2D eigenvalue weighted by Crippen LogP contribution is 2.41. The van der Waals surface area contributed by atoms with Crippen LogP contribution in [-0.4, -0.2) is 19.9 Å². The van der Waals surface area contributed by atoms with Crippen LogP contribution in [0.25, 0.3) is 88.0 Å². The lowest BCUT2D eigenvalue weighted by Crippen LogP contribution is -2.00. The number of hydrogen-bond donors (Lipinski definition) is 0. The first-order valence-corrected chi connectivity index (χ1v) is 15.9. The largest absolute Gasteiger partial charge is 0.456 e. The van der Waals surface area contributed by atoms with Crippen LogP contribution in [0.3, 0.4) is 0 Å². The summed E-state index contributed by atoms with van der Waals surface area (Å²) in [7, 11) is 0. The molecule has 0 spiro atoms. The second-order valence-corrected chi connectivity index (χ2v) is 12.1. The minimum atomic E-state index is 0.597. The van der Waals surface area contributed by atoms with E-state index in [-0.39, 0.29) is 0 Å². The van der Waals surface area contributed by atoms with Crippen molar-refractivity contribution >= 4 is 43.5 Å². The molecule has 0 atom stereocenters. The van der Waals surface area contributed by atoms with Gasteiger partial charge in [0, 0.05) is 33.0 Å². The van der Waals surface area contributed by atoms with Crippen molar-refractivity contribution in [1.29, 1.82) is 0 Å². The van der Waals surface area contributed by atoms with E-state index in [0.29, 0.717) is 17.5 Å². The fraction of sp³-hybridized carbons (Fsp3) is 0. The summed E-state index contributed by atoms with van der Waals surface area (Å²) in [4.78, 5) is 19.6. The minimum absolute atomic E-state index is 0.597. The fourth-order valence-corrected chi connectivity index (χ4v) is 7.00. The summed E-state index contributed by atoms with van der Waals surface area (Å²) in [5.74, 6) is 1.86. The van der Waals surface area contributed by atoms with E-state index < -0.39 is 0 Å². The van der Waals surface area contributed by atoms with Crippen LogP contribution in [0.4, 0.5) is 0 Å². The predicted octanol–water partition coefficient (Wildman–Crippen LogP) is 10.7. The van der Waals surface area contributed by atoms with Crippen molar-refractivity contribution in [3.63, 3.8) is 0 Å². The molecule has 0 aliphatic carbocycles. The maximum Gasteiger partial charge on any atom is 0.164 e. The SMILES string of the molecule is c1ccc(-c2ccc(-c3nc4ccc5oc6cc(-c7nc(-c8ccccc8)nc(-c8ccccc8)n7)ccc6c5c4s3)cc2)cc1. The van der Waals surface area contributed by atoms with Gasteiger partial charge in [-0.3, -0.25) is 0 Å². The first-order valence-electron chi connectivity index (χ1n) is 15.1. The van der Waals surface area contributed by atoms with Crippen LogP contribution in [0, 0.1) is 0 Å². The molecule has 0 amide bonds. The summed E-state index contributed by atoms with van der Waals surface area (Å²) in [6, 6.07) is 49.3. The van der Waals surface area contributed by atoms with Crippen LogP contribution in [0.1, 0.15) is 0 Å². The number of benzene rings is 6. The van der Waals surface area contributed by atoms with Gasteiger partial charge in [0.15, 0.2) is 17.5 Å². The Labute approximate surface area is 268 Å². The molecule has 0 unspecified atom stereocenters. The summed E-state index contributed by atoms with van der Waals surface area (Å²) < 4.78 is 7.55. The summed E-state index contributed by atoms with van der Waals surface area (Å²) >= 11 is 1.70. The molecule has 0 saturated carbocycles. The fourth-order valence-electron chi connectivity index (χ4n) is 5.88. The number of furan rings is 1. The first-order chi connectivity index (χ1) is 22.8. The molecule has 0 bridgehead atoms. The van der Waals surface area contributed by atoms with Gasteiger partial charge in [-0.2, -0.15) is 0 Å². The highest BCUT2D eigenvalue weighted by molar-refractivity contribution is 7.22. The van der Waals surface area contributed by atoms with E-state index in [0.717, 1.165) is 59.4 Å². The van der Waals surface area contributed by atoms with Gasteiger partial charge in [-0.05, 0) is 35.4 Å². The lowest BCUT2D eigenvalue weighted by molar-refractivity contribution is 0.669. The maximum atomic E-state index is 6.44. The van der Waals surface area contributed by atoms with Gasteiger partial charge < -0.3 is 4.42 Å². The second kappa shape index (κ2) is 10.9. The number of hydrogen-bond acceptors (Lipinski definition) is 6. The van der Waals surface area contributed by atoms with E-state index in [4.69, 9.17) is 24.4 Å². The highest BCUT2D eigenvalue weighted by Gasteiger charge is 2.18. The molecule has 9 rings (SSSR count). The van der Waals surface area contributed by atoms with Gasteiger partial charge in [0.25, 0.3) is 0 Å². The highest BCUT2D eigenvalue weighted by atomic mass is 32.1. The predicted molar refractivity (Wildman–Crippen MR) is 187 cm³/mol. The van der Waals surface area contributed by atoms with Crippen molar-refractivity contribution < 1.29 is 4.42 Å². The molecule has 0 N–H and O–H groups in total. The minimum Gasteiger partial charge on any atom is -0.456 e. The molecule has 0 fully saturated rings. The van der Waals surface area contributed by atoms with Gasteiger partial charge in [-0.25, -0.2) is 19.9 Å². The molecule has 216 valence electrons. The molecule has 3 aromatic heterocycles. The van der Waals surface area contributed by atoms with Crippen LogP contribution in [0.15, 0.2) is 150 Å². The van der Waals surface area contributed by atoms with Gasteiger partial charge in [-0.15, -0.1) is 11.3 Å². The van der Waals surface area contributed by atoms with Crippen molar-refractivity contribution in [2.24, 2.45) is 0 Å². The Morgan fingerprint density at radius 3 is 1.57 bits per heavy atom. The van der Waals surface area contributed by atoms with E-state index >= 15 is 0 Å². The third kappa shape index (κ3) is 4.64. The summed E-state index contributed by atoms with van der Waals surface area (Å²) in [6.45, 7) is 0. The number of fused-ring (bicyclic) bond motifs is 5. The molecule has 3 heterocycles. The smallest absolute Gasteiger partial charge is 0.164 e. The second-order valence-electron chi connectivity index (χ2n) is 11.1. The maximum absolute atomic E-state index is 6.44. The summed E-state index contributed by atoms with van der Waals surface area (Å²) in [5.41, 5.74) is 8.81. The molecular weight excluding hydrogens is 585 g/mol. The Balaban J connectivity index is 1.14. The van der Waals surface area contributed by atoms with Gasteiger partial charge in [0.1, 0.15) is 16.2 Å². The zero-order valence-corrected chi connectivity index (χ0v) is 25.3. The molecule has 46 heavy (non-hydrogen) atoms. The molecule has 0 saturated heterocycles. The number of thiazole rings is 1. The van der Waals surface area contributed by atoms with Gasteiger partial charge in [0.05, 0.1) is 10.2 Å². The van der Waals surface area contributed by atoms with Crippen LogP contribution >= 0.6 is 11.3 Å². The van der Waals surface area contributed by atoms with Crippen LogP contribution in [-0.2, 0) is 0 Å². The van der Waals surface area contributed by atoms with E-state index in [1.165, 1.54) is 11.1 Å². The van der Waals surface area contributed by atoms with Crippen molar-refractivity contribution in [2.45, 2.75) is 0 Å². The van der Waals surface area contributed by atoms with Gasteiger partial charge in [0.2, 0.25) is 0 Å². The van der Waals surface area contributed by atoms with Gasteiger partial charge >= 0.3 is 0 Å². The zero-order valence-electron chi connectivity index (χ0n) is 24.5. The standard InChI is InChI=1S/C40H24N4OS/c1-4-10-25(11-5-1)26-16-18-29(19-17-26)40-41-32-22-23-33-35(36(32)46-40)31-21-20-30(24-34(31)45-33)39-43-37(27-12-6-2-7-13-27)42-38(44-39)28-14-8-3-9-15-28/h1-24H. The van der Waals surface area contributed by atoms with Crippen molar-refractivity contribution in [3.8, 4) is 55.9 Å². The topological polar surface area (TPSA) is 64.7 Å². The Hall–Kier alpha value is -5.98. The van der Waals surface area contributed by atoms with Crippen molar-refractivity contribution in [1.82, 2.24) is 19.9 Å². The quantitative estimate of drug-likeness (QED) is 0.194. The Morgan fingerprint density at radius 2 is 0.935 bits per heavy atom. The third-order valence-electron chi connectivity index (χ3n) is 8.19. The third-order valence-corrected chi connectivity index (χ3v) is 9.32. The van der Waals surface area contributed by atoms with Crippen LogP contribution in [0.2, 0.25) is 0 Å². The monoisotopic (exact) mass is 608 g/mol. The lowest BCUT2D eigenvalue weighted by atomic mass is 10.0. The van der Waals surface area contributed by atoms with Crippen LogP contribution < -0.4 is 0 Å². The molecule has 5 nitrogen and oxygen atoms in total. The Kier molecular flexibility index (Phi) is 6.25. The van der Waals surface area contributed by atoms with Crippen LogP contribution in [0.5, 0.6) is 0 Å². The normalized spacial score (nSPS) is 11.5. The van der Waals surface area contributed by atoms with E-state index in [2.05, 4.69) is 60.7 Å². The lowest BCUT2D eigenvalue weighted by Gasteiger charge is -2.08. The number of aromatic nitrogens is 4. The molecule has 9 aromatic rings. The molecule has 0 aliphatic rings. The molecule has 6 aromatic carbocycles.